The maximum atomic E-state index is 12.0. The lowest BCUT2D eigenvalue weighted by Gasteiger charge is -2.16. The first-order valence-electron chi connectivity index (χ1n) is 6.65. The normalized spacial score (nSPS) is 24.3. The molecule has 0 saturated heterocycles. The first-order chi connectivity index (χ1) is 8.65. The highest BCUT2D eigenvalue weighted by Crippen LogP contribution is 2.22. The second-order valence-corrected chi connectivity index (χ2v) is 5.23. The molecule has 0 radical (unpaired) electrons. The first kappa shape index (κ1) is 12.9. The van der Waals surface area contributed by atoms with E-state index in [1.54, 1.807) is 6.07 Å². The average molecular weight is 248 g/mol. The van der Waals surface area contributed by atoms with E-state index in [2.05, 4.69) is 17.2 Å². The van der Waals surface area contributed by atoms with Gasteiger partial charge in [-0.3, -0.25) is 9.59 Å². The van der Waals surface area contributed by atoms with Crippen molar-refractivity contribution in [2.45, 2.75) is 45.1 Å². The van der Waals surface area contributed by atoms with Gasteiger partial charge in [-0.05, 0) is 31.2 Å². The minimum absolute atomic E-state index is 0.0918. The molecule has 1 amide bonds. The van der Waals surface area contributed by atoms with Gasteiger partial charge < -0.3 is 10.3 Å². The van der Waals surface area contributed by atoms with E-state index in [9.17, 15) is 9.59 Å². The lowest BCUT2D eigenvalue weighted by molar-refractivity contribution is 0.0932. The fraction of sp³-hybridized carbons (Fsp3) is 0.571. The number of nitrogens with one attached hydrogen (secondary N) is 2. The molecule has 0 bridgehead atoms. The van der Waals surface area contributed by atoms with Crippen molar-refractivity contribution in [2.75, 3.05) is 0 Å². The second-order valence-electron chi connectivity index (χ2n) is 5.23. The Morgan fingerprint density at radius 2 is 2.11 bits per heavy atom. The van der Waals surface area contributed by atoms with E-state index in [0.717, 1.165) is 18.8 Å². The Morgan fingerprint density at radius 1 is 1.28 bits per heavy atom. The summed E-state index contributed by atoms with van der Waals surface area (Å²) in [5, 5.41) is 3.05. The second kappa shape index (κ2) is 5.85. The van der Waals surface area contributed by atoms with Crippen molar-refractivity contribution < 1.29 is 4.79 Å². The van der Waals surface area contributed by atoms with Crippen LogP contribution in [0.15, 0.2) is 23.1 Å². The van der Waals surface area contributed by atoms with Crippen LogP contribution in [0.5, 0.6) is 0 Å². The summed E-state index contributed by atoms with van der Waals surface area (Å²) >= 11 is 0. The fourth-order valence-electron chi connectivity index (χ4n) is 2.45. The summed E-state index contributed by atoms with van der Waals surface area (Å²) in [7, 11) is 0. The summed E-state index contributed by atoms with van der Waals surface area (Å²) in [5.74, 6) is 0.672. The zero-order valence-corrected chi connectivity index (χ0v) is 10.7. The van der Waals surface area contributed by atoms with Crippen LogP contribution >= 0.6 is 0 Å². The summed E-state index contributed by atoms with van der Waals surface area (Å²) in [6.45, 7) is 2.27. The Hall–Kier alpha value is -1.58. The summed E-state index contributed by atoms with van der Waals surface area (Å²) in [5.41, 5.74) is 0.335. The SMILES string of the molecule is CC1CCCC(NC(=O)c2ccc(=O)[nH]c2)CC1. The monoisotopic (exact) mass is 248 g/mol. The number of pyridine rings is 1. The van der Waals surface area contributed by atoms with Crippen molar-refractivity contribution in [3.05, 3.63) is 34.2 Å². The topological polar surface area (TPSA) is 62.0 Å². The highest BCUT2D eigenvalue weighted by Gasteiger charge is 2.18. The van der Waals surface area contributed by atoms with Gasteiger partial charge in [-0.2, -0.15) is 0 Å². The number of carbonyl (C=O) groups excluding carboxylic acids is 1. The van der Waals surface area contributed by atoms with E-state index in [1.807, 2.05) is 0 Å². The van der Waals surface area contributed by atoms with Crippen molar-refractivity contribution in [3.8, 4) is 0 Å². The number of rotatable bonds is 2. The van der Waals surface area contributed by atoms with E-state index in [4.69, 9.17) is 0 Å². The average Bonchev–Trinajstić information content (AvgIpc) is 2.55. The number of aromatic amines is 1. The van der Waals surface area contributed by atoms with Crippen LogP contribution in [0.3, 0.4) is 0 Å². The summed E-state index contributed by atoms with van der Waals surface area (Å²) in [6, 6.07) is 3.21. The number of amides is 1. The molecule has 4 heteroatoms. The predicted molar refractivity (Wildman–Crippen MR) is 70.6 cm³/mol. The van der Waals surface area contributed by atoms with Gasteiger partial charge in [0.25, 0.3) is 5.91 Å². The highest BCUT2D eigenvalue weighted by atomic mass is 16.2. The number of aromatic nitrogens is 1. The van der Waals surface area contributed by atoms with Gasteiger partial charge in [0.15, 0.2) is 0 Å². The zero-order valence-electron chi connectivity index (χ0n) is 10.7. The van der Waals surface area contributed by atoms with Crippen LogP contribution in [0.25, 0.3) is 0 Å². The third-order valence-corrected chi connectivity index (χ3v) is 3.64. The van der Waals surface area contributed by atoms with Crippen LogP contribution in [0.1, 0.15) is 49.4 Å². The van der Waals surface area contributed by atoms with E-state index < -0.39 is 0 Å². The van der Waals surface area contributed by atoms with Crippen molar-refractivity contribution in [1.29, 1.82) is 0 Å². The Balaban J connectivity index is 1.94. The highest BCUT2D eigenvalue weighted by molar-refractivity contribution is 5.93. The smallest absolute Gasteiger partial charge is 0.252 e. The molecule has 2 atom stereocenters. The maximum Gasteiger partial charge on any atom is 0.252 e. The van der Waals surface area contributed by atoms with Gasteiger partial charge in [-0.1, -0.05) is 19.8 Å². The lowest BCUT2D eigenvalue weighted by Crippen LogP contribution is -2.34. The molecule has 0 aromatic carbocycles. The van der Waals surface area contributed by atoms with E-state index in [0.29, 0.717) is 5.56 Å². The molecule has 2 rings (SSSR count). The van der Waals surface area contributed by atoms with Crippen LogP contribution < -0.4 is 10.9 Å². The molecular formula is C14H20N2O2. The maximum absolute atomic E-state index is 12.0. The van der Waals surface area contributed by atoms with Gasteiger partial charge in [0.05, 0.1) is 5.56 Å². The zero-order chi connectivity index (χ0) is 13.0. The largest absolute Gasteiger partial charge is 0.349 e. The van der Waals surface area contributed by atoms with Crippen LogP contribution in [0.2, 0.25) is 0 Å². The van der Waals surface area contributed by atoms with Crippen LogP contribution in [0, 0.1) is 5.92 Å². The molecule has 1 saturated carbocycles. The molecule has 1 heterocycles. The lowest BCUT2D eigenvalue weighted by atomic mass is 10.0. The van der Waals surface area contributed by atoms with Crippen molar-refractivity contribution in [3.63, 3.8) is 0 Å². The van der Waals surface area contributed by atoms with Crippen LogP contribution in [-0.2, 0) is 0 Å². The Morgan fingerprint density at radius 3 is 2.83 bits per heavy atom. The third-order valence-electron chi connectivity index (χ3n) is 3.64. The van der Waals surface area contributed by atoms with Gasteiger partial charge >= 0.3 is 0 Å². The molecule has 0 spiro atoms. The van der Waals surface area contributed by atoms with Gasteiger partial charge in [0.1, 0.15) is 0 Å². The number of carbonyl (C=O) groups is 1. The van der Waals surface area contributed by atoms with E-state index >= 15 is 0 Å². The van der Waals surface area contributed by atoms with Crippen molar-refractivity contribution in [1.82, 2.24) is 10.3 Å². The molecule has 2 unspecified atom stereocenters. The Labute approximate surface area is 107 Å². The van der Waals surface area contributed by atoms with Crippen molar-refractivity contribution in [2.24, 2.45) is 5.92 Å². The first-order valence-corrected chi connectivity index (χ1v) is 6.65. The van der Waals surface area contributed by atoms with Gasteiger partial charge in [0, 0.05) is 18.3 Å². The number of hydrogen-bond donors (Lipinski definition) is 2. The van der Waals surface area contributed by atoms with Crippen LogP contribution in [0.4, 0.5) is 0 Å². The molecule has 0 aliphatic heterocycles. The predicted octanol–water partition coefficient (Wildman–Crippen LogP) is 2.07. The minimum atomic E-state index is -0.185. The summed E-state index contributed by atoms with van der Waals surface area (Å²) < 4.78 is 0. The van der Waals surface area contributed by atoms with Gasteiger partial charge in [0.2, 0.25) is 5.56 Å². The summed E-state index contributed by atoms with van der Waals surface area (Å²) in [6.07, 6.45) is 7.19. The molecule has 1 aliphatic rings. The Bertz CT molecular complexity index is 447. The summed E-state index contributed by atoms with van der Waals surface area (Å²) in [4.78, 5) is 25.4. The van der Waals surface area contributed by atoms with Gasteiger partial charge in [-0.25, -0.2) is 0 Å². The minimum Gasteiger partial charge on any atom is -0.349 e. The molecule has 1 aliphatic carbocycles. The molecule has 4 nitrogen and oxygen atoms in total. The molecule has 1 fully saturated rings. The molecular weight excluding hydrogens is 228 g/mol. The van der Waals surface area contributed by atoms with Gasteiger partial charge in [-0.15, -0.1) is 0 Å². The van der Waals surface area contributed by atoms with E-state index in [-0.39, 0.29) is 17.5 Å². The Kier molecular flexibility index (Phi) is 4.18. The molecule has 2 N–H and O–H groups in total. The molecule has 1 aromatic heterocycles. The van der Waals surface area contributed by atoms with Crippen molar-refractivity contribution >= 4 is 5.91 Å². The number of hydrogen-bond acceptors (Lipinski definition) is 2. The third kappa shape index (κ3) is 3.45. The fourth-order valence-corrected chi connectivity index (χ4v) is 2.45. The van der Waals surface area contributed by atoms with Crippen LogP contribution in [-0.4, -0.2) is 16.9 Å². The van der Waals surface area contributed by atoms with E-state index in [1.165, 1.54) is 31.5 Å². The number of H-pyrrole nitrogens is 1. The molecule has 1 aromatic rings. The quantitative estimate of drug-likeness (QED) is 0.787. The standard InChI is InChI=1S/C14H20N2O2/c1-10-3-2-4-12(7-5-10)16-14(18)11-6-8-13(17)15-9-11/h6,8-10,12H,2-5,7H2,1H3,(H,15,17)(H,16,18). The molecule has 18 heavy (non-hydrogen) atoms. The molecule has 98 valence electrons.